The van der Waals surface area contributed by atoms with E-state index in [-0.39, 0.29) is 0 Å². The first kappa shape index (κ1) is 12.2. The summed E-state index contributed by atoms with van der Waals surface area (Å²) in [5, 5.41) is 10.3. The van der Waals surface area contributed by atoms with Crippen molar-refractivity contribution in [3.8, 4) is 0 Å². The number of hydrogen-bond acceptors (Lipinski definition) is 2. The summed E-state index contributed by atoms with van der Waals surface area (Å²) in [6.45, 7) is 0. The molecule has 3 rings (SSSR count). The summed E-state index contributed by atoms with van der Waals surface area (Å²) in [4.78, 5) is 16.4. The lowest BCUT2D eigenvalue weighted by molar-refractivity contribution is 0.0697. The van der Waals surface area contributed by atoms with Crippen LogP contribution in [0, 0.1) is 0 Å². The van der Waals surface area contributed by atoms with Crippen LogP contribution >= 0.6 is 0 Å². The molecule has 1 aromatic heterocycles. The van der Waals surface area contributed by atoms with Gasteiger partial charge in [-0.3, -0.25) is 4.98 Å². The van der Waals surface area contributed by atoms with Crippen LogP contribution in [0.1, 0.15) is 47.3 Å². The highest BCUT2D eigenvalue weighted by atomic mass is 16.4. The lowest BCUT2D eigenvalue weighted by Gasteiger charge is -2.17. The number of nitrogens with zero attached hydrogens (tertiary/aromatic N) is 1. The van der Waals surface area contributed by atoms with Crippen molar-refractivity contribution in [2.75, 3.05) is 0 Å². The van der Waals surface area contributed by atoms with E-state index >= 15 is 0 Å². The zero-order chi connectivity index (χ0) is 13.2. The predicted octanol–water partition coefficient (Wildman–Crippen LogP) is 3.59. The fourth-order valence-electron chi connectivity index (χ4n) is 2.97. The number of para-hydroxylation sites is 1. The lowest BCUT2D eigenvalue weighted by Crippen LogP contribution is -2.11. The molecule has 0 saturated carbocycles. The van der Waals surface area contributed by atoms with Crippen molar-refractivity contribution in [3.63, 3.8) is 0 Å². The summed E-state index contributed by atoms with van der Waals surface area (Å²) >= 11 is 0. The summed E-state index contributed by atoms with van der Waals surface area (Å²) in [5.74, 6) is -0.824. The summed E-state index contributed by atoms with van der Waals surface area (Å²) in [5.41, 5.74) is 3.24. The molecular weight excluding hydrogens is 238 g/mol. The second-order valence-electron chi connectivity index (χ2n) is 5.15. The predicted molar refractivity (Wildman–Crippen MR) is 74.6 cm³/mol. The Morgan fingerprint density at radius 1 is 1.05 bits per heavy atom. The maximum absolute atomic E-state index is 11.7. The van der Waals surface area contributed by atoms with Crippen molar-refractivity contribution in [2.24, 2.45) is 0 Å². The van der Waals surface area contributed by atoms with Gasteiger partial charge in [-0.2, -0.15) is 0 Å². The van der Waals surface area contributed by atoms with Crippen molar-refractivity contribution in [1.82, 2.24) is 4.98 Å². The maximum atomic E-state index is 11.7. The van der Waals surface area contributed by atoms with Crippen LogP contribution in [0.5, 0.6) is 0 Å². The number of pyridine rings is 1. The van der Waals surface area contributed by atoms with E-state index in [1.807, 2.05) is 24.3 Å². The van der Waals surface area contributed by atoms with E-state index < -0.39 is 5.97 Å². The van der Waals surface area contributed by atoms with Crippen molar-refractivity contribution in [2.45, 2.75) is 38.5 Å². The van der Waals surface area contributed by atoms with Crippen LogP contribution in [0.3, 0.4) is 0 Å². The van der Waals surface area contributed by atoms with Gasteiger partial charge in [-0.05, 0) is 37.3 Å². The number of fused-ring (bicyclic) bond motifs is 2. The van der Waals surface area contributed by atoms with Gasteiger partial charge in [0.15, 0.2) is 0 Å². The Bertz CT molecular complexity index is 634. The Labute approximate surface area is 112 Å². The fourth-order valence-corrected chi connectivity index (χ4v) is 2.97. The van der Waals surface area contributed by atoms with Crippen LogP contribution in [0.4, 0.5) is 0 Å². The lowest BCUT2D eigenvalue weighted by atomic mass is 9.91. The van der Waals surface area contributed by atoms with E-state index in [0.717, 1.165) is 47.8 Å². The average Bonchev–Trinajstić information content (AvgIpc) is 2.38. The molecule has 0 spiro atoms. The molecule has 1 aromatic carbocycles. The SMILES string of the molecule is O=C(O)c1c2c(nc3ccccc13)CCCCCC2. The van der Waals surface area contributed by atoms with Gasteiger partial charge < -0.3 is 5.11 Å². The first-order chi connectivity index (χ1) is 9.27. The number of carbonyl (C=O) groups is 1. The van der Waals surface area contributed by atoms with E-state index in [9.17, 15) is 9.90 Å². The third kappa shape index (κ3) is 2.21. The monoisotopic (exact) mass is 255 g/mol. The van der Waals surface area contributed by atoms with Gasteiger partial charge in [-0.1, -0.05) is 31.0 Å². The average molecular weight is 255 g/mol. The van der Waals surface area contributed by atoms with Gasteiger partial charge in [0.25, 0.3) is 0 Å². The molecular formula is C16H17NO2. The molecule has 98 valence electrons. The molecule has 0 saturated heterocycles. The van der Waals surface area contributed by atoms with E-state index in [0.29, 0.717) is 5.56 Å². The van der Waals surface area contributed by atoms with Gasteiger partial charge in [-0.25, -0.2) is 4.79 Å². The largest absolute Gasteiger partial charge is 0.478 e. The Balaban J connectivity index is 2.30. The highest BCUT2D eigenvalue weighted by molar-refractivity contribution is 6.04. The van der Waals surface area contributed by atoms with Gasteiger partial charge in [0, 0.05) is 11.1 Å². The van der Waals surface area contributed by atoms with Crippen molar-refractivity contribution in [1.29, 1.82) is 0 Å². The van der Waals surface area contributed by atoms with Crippen molar-refractivity contribution < 1.29 is 9.90 Å². The summed E-state index contributed by atoms with van der Waals surface area (Å²) in [7, 11) is 0. The van der Waals surface area contributed by atoms with Crippen LogP contribution in [-0.2, 0) is 12.8 Å². The Hall–Kier alpha value is -1.90. The number of rotatable bonds is 1. The van der Waals surface area contributed by atoms with E-state index in [1.54, 1.807) is 0 Å². The summed E-state index contributed by atoms with van der Waals surface area (Å²) in [6.07, 6.45) is 6.32. The third-order valence-electron chi connectivity index (χ3n) is 3.88. The Kier molecular flexibility index (Phi) is 3.20. The van der Waals surface area contributed by atoms with Crippen molar-refractivity contribution in [3.05, 3.63) is 41.1 Å². The van der Waals surface area contributed by atoms with Gasteiger partial charge in [0.2, 0.25) is 0 Å². The van der Waals surface area contributed by atoms with E-state index in [4.69, 9.17) is 4.98 Å². The third-order valence-corrected chi connectivity index (χ3v) is 3.88. The number of carboxylic acid groups (broad SMARTS) is 1. The van der Waals surface area contributed by atoms with E-state index in [2.05, 4.69) is 0 Å². The van der Waals surface area contributed by atoms with Crippen LogP contribution in [-0.4, -0.2) is 16.1 Å². The van der Waals surface area contributed by atoms with Crippen LogP contribution < -0.4 is 0 Å². The number of aromatic carboxylic acids is 1. The van der Waals surface area contributed by atoms with Crippen molar-refractivity contribution >= 4 is 16.9 Å². The molecule has 0 bridgehead atoms. The molecule has 0 aliphatic heterocycles. The van der Waals surface area contributed by atoms with E-state index in [1.165, 1.54) is 12.8 Å². The molecule has 0 unspecified atom stereocenters. The van der Waals surface area contributed by atoms with Gasteiger partial charge >= 0.3 is 5.97 Å². The molecule has 2 aromatic rings. The minimum Gasteiger partial charge on any atom is -0.478 e. The molecule has 3 heteroatoms. The first-order valence-electron chi connectivity index (χ1n) is 6.91. The molecule has 1 aliphatic rings. The zero-order valence-corrected chi connectivity index (χ0v) is 10.9. The van der Waals surface area contributed by atoms with Crippen LogP contribution in [0.15, 0.2) is 24.3 Å². The van der Waals surface area contributed by atoms with Gasteiger partial charge in [0.1, 0.15) is 0 Å². The summed E-state index contributed by atoms with van der Waals surface area (Å²) < 4.78 is 0. The Morgan fingerprint density at radius 3 is 2.58 bits per heavy atom. The molecule has 0 radical (unpaired) electrons. The number of hydrogen-bond donors (Lipinski definition) is 1. The fraction of sp³-hybridized carbons (Fsp3) is 0.375. The Morgan fingerprint density at radius 2 is 1.79 bits per heavy atom. The number of aromatic nitrogens is 1. The highest BCUT2D eigenvalue weighted by Gasteiger charge is 2.20. The second-order valence-corrected chi connectivity index (χ2v) is 5.15. The minimum absolute atomic E-state index is 0.475. The quantitative estimate of drug-likeness (QED) is 0.847. The molecule has 19 heavy (non-hydrogen) atoms. The number of aryl methyl sites for hydroxylation is 1. The normalized spacial score (nSPS) is 15.6. The molecule has 0 amide bonds. The first-order valence-corrected chi connectivity index (χ1v) is 6.91. The standard InChI is InChI=1S/C16H17NO2/c18-16(19)15-11-7-3-1-2-4-9-13(11)17-14-10-6-5-8-12(14)15/h5-6,8,10H,1-4,7,9H2,(H,18,19). The second kappa shape index (κ2) is 5.00. The smallest absolute Gasteiger partial charge is 0.336 e. The summed E-state index contributed by atoms with van der Waals surface area (Å²) in [6, 6.07) is 7.56. The minimum atomic E-state index is -0.824. The van der Waals surface area contributed by atoms with Gasteiger partial charge in [0.05, 0.1) is 11.1 Å². The molecule has 1 N–H and O–H groups in total. The molecule has 3 nitrogen and oxygen atoms in total. The topological polar surface area (TPSA) is 50.2 Å². The molecule has 0 fully saturated rings. The molecule has 1 heterocycles. The molecule has 0 atom stereocenters. The van der Waals surface area contributed by atoms with Crippen LogP contribution in [0.2, 0.25) is 0 Å². The van der Waals surface area contributed by atoms with Crippen LogP contribution in [0.25, 0.3) is 10.9 Å². The zero-order valence-electron chi connectivity index (χ0n) is 10.9. The molecule has 1 aliphatic carbocycles. The highest BCUT2D eigenvalue weighted by Crippen LogP contribution is 2.28. The number of carboxylic acids is 1. The van der Waals surface area contributed by atoms with Gasteiger partial charge in [-0.15, -0.1) is 0 Å². The number of benzene rings is 1. The maximum Gasteiger partial charge on any atom is 0.336 e.